The molecule has 0 amide bonds. The molecule has 0 aromatic carbocycles. The number of piperazine rings is 1. The van der Waals surface area contributed by atoms with Gasteiger partial charge in [0.25, 0.3) is 0 Å². The number of nitrogens with one attached hydrogen (secondary N) is 1. The molecule has 0 saturated carbocycles. The molecule has 1 saturated heterocycles. The summed E-state index contributed by atoms with van der Waals surface area (Å²) in [6.07, 6.45) is 1.16. The van der Waals surface area contributed by atoms with Gasteiger partial charge in [0.15, 0.2) is 0 Å². The van der Waals surface area contributed by atoms with Gasteiger partial charge in [-0.05, 0) is 20.3 Å². The minimum Gasteiger partial charge on any atom is -0.382 e. The van der Waals surface area contributed by atoms with Crippen molar-refractivity contribution in [3.8, 4) is 0 Å². The van der Waals surface area contributed by atoms with Crippen molar-refractivity contribution in [3.05, 3.63) is 0 Å². The molecule has 0 aromatic rings. The van der Waals surface area contributed by atoms with Crippen molar-refractivity contribution in [2.24, 2.45) is 0 Å². The summed E-state index contributed by atoms with van der Waals surface area (Å²) in [5, 5.41) is 3.39. The Hall–Kier alpha value is -0.120. The Morgan fingerprint density at radius 3 is 3.08 bits per heavy atom. The summed E-state index contributed by atoms with van der Waals surface area (Å²) >= 11 is 0. The lowest BCUT2D eigenvalue weighted by Gasteiger charge is -2.33. The van der Waals surface area contributed by atoms with Crippen LogP contribution in [0.1, 0.15) is 20.3 Å². The van der Waals surface area contributed by atoms with Gasteiger partial charge in [-0.3, -0.25) is 4.90 Å². The molecule has 1 aliphatic rings. The quantitative estimate of drug-likeness (QED) is 0.640. The second-order valence-corrected chi connectivity index (χ2v) is 3.64. The van der Waals surface area contributed by atoms with Crippen molar-refractivity contribution in [1.82, 2.24) is 10.2 Å². The minimum atomic E-state index is 0.690. The van der Waals surface area contributed by atoms with Crippen LogP contribution in [0.15, 0.2) is 0 Å². The van der Waals surface area contributed by atoms with Crippen molar-refractivity contribution in [2.45, 2.75) is 26.3 Å². The van der Waals surface area contributed by atoms with Crippen LogP contribution in [0.5, 0.6) is 0 Å². The van der Waals surface area contributed by atoms with Crippen LogP contribution in [-0.2, 0) is 4.74 Å². The second-order valence-electron chi connectivity index (χ2n) is 3.64. The molecular weight excluding hydrogens is 164 g/mol. The Bertz CT molecular complexity index is 130. The third-order valence-electron chi connectivity index (χ3n) is 2.58. The molecule has 78 valence electrons. The third-order valence-corrected chi connectivity index (χ3v) is 2.58. The zero-order valence-electron chi connectivity index (χ0n) is 8.88. The van der Waals surface area contributed by atoms with E-state index in [0.717, 1.165) is 32.7 Å². The first-order valence-electron chi connectivity index (χ1n) is 5.37. The molecule has 0 spiro atoms. The highest BCUT2D eigenvalue weighted by atomic mass is 16.5. The molecule has 1 N–H and O–H groups in total. The molecule has 0 aromatic heterocycles. The fraction of sp³-hybridized carbons (Fsp3) is 1.00. The molecule has 0 radical (unpaired) electrons. The van der Waals surface area contributed by atoms with E-state index >= 15 is 0 Å². The van der Waals surface area contributed by atoms with Crippen molar-refractivity contribution in [2.75, 3.05) is 39.4 Å². The molecule has 1 heterocycles. The molecule has 1 fully saturated rings. The van der Waals surface area contributed by atoms with E-state index in [4.69, 9.17) is 4.74 Å². The topological polar surface area (TPSA) is 24.5 Å². The van der Waals surface area contributed by atoms with Crippen LogP contribution >= 0.6 is 0 Å². The smallest absolute Gasteiger partial charge is 0.0478 e. The van der Waals surface area contributed by atoms with Crippen LogP contribution in [0, 0.1) is 0 Å². The van der Waals surface area contributed by atoms with Crippen LogP contribution in [-0.4, -0.2) is 50.3 Å². The van der Waals surface area contributed by atoms with Gasteiger partial charge in [0.1, 0.15) is 0 Å². The van der Waals surface area contributed by atoms with E-state index in [1.807, 2.05) is 6.92 Å². The van der Waals surface area contributed by atoms with Crippen molar-refractivity contribution < 1.29 is 4.74 Å². The van der Waals surface area contributed by atoms with Gasteiger partial charge >= 0.3 is 0 Å². The number of hydrogen-bond acceptors (Lipinski definition) is 3. The summed E-state index contributed by atoms with van der Waals surface area (Å²) in [4.78, 5) is 2.54. The fourth-order valence-corrected chi connectivity index (χ4v) is 1.73. The highest BCUT2D eigenvalue weighted by molar-refractivity contribution is 4.75. The predicted octanol–water partition coefficient (Wildman–Crippen LogP) is 0.707. The Morgan fingerprint density at radius 1 is 1.54 bits per heavy atom. The maximum atomic E-state index is 5.32. The monoisotopic (exact) mass is 186 g/mol. The maximum Gasteiger partial charge on any atom is 0.0478 e. The van der Waals surface area contributed by atoms with Gasteiger partial charge in [0.05, 0.1) is 0 Å². The van der Waals surface area contributed by atoms with Crippen LogP contribution in [0.3, 0.4) is 0 Å². The van der Waals surface area contributed by atoms with E-state index in [-0.39, 0.29) is 0 Å². The number of rotatable bonds is 5. The van der Waals surface area contributed by atoms with Crippen molar-refractivity contribution in [3.63, 3.8) is 0 Å². The summed E-state index contributed by atoms with van der Waals surface area (Å²) in [6, 6.07) is 0.690. The first-order chi connectivity index (χ1) is 6.34. The van der Waals surface area contributed by atoms with Gasteiger partial charge in [-0.1, -0.05) is 0 Å². The van der Waals surface area contributed by atoms with E-state index < -0.39 is 0 Å². The molecule has 13 heavy (non-hydrogen) atoms. The first kappa shape index (κ1) is 11.0. The summed E-state index contributed by atoms with van der Waals surface area (Å²) in [5.74, 6) is 0. The lowest BCUT2D eigenvalue weighted by atomic mass is 10.2. The average Bonchev–Trinajstić information content (AvgIpc) is 2.15. The van der Waals surface area contributed by atoms with Gasteiger partial charge in [-0.15, -0.1) is 0 Å². The number of hydrogen-bond donors (Lipinski definition) is 1. The third kappa shape index (κ3) is 4.07. The van der Waals surface area contributed by atoms with Crippen LogP contribution < -0.4 is 5.32 Å². The molecule has 3 nitrogen and oxygen atoms in total. The van der Waals surface area contributed by atoms with Gasteiger partial charge in [0, 0.05) is 45.4 Å². The van der Waals surface area contributed by atoms with Crippen LogP contribution in [0.2, 0.25) is 0 Å². The molecule has 3 heteroatoms. The number of nitrogens with zero attached hydrogens (tertiary/aromatic N) is 1. The minimum absolute atomic E-state index is 0.690. The predicted molar refractivity (Wildman–Crippen MR) is 55.0 cm³/mol. The number of ether oxygens (including phenoxy) is 1. The first-order valence-corrected chi connectivity index (χ1v) is 5.37. The Kier molecular flexibility index (Phi) is 5.35. The Labute approximate surface area is 81.4 Å². The Morgan fingerprint density at radius 2 is 2.38 bits per heavy atom. The zero-order chi connectivity index (χ0) is 9.52. The fourth-order valence-electron chi connectivity index (χ4n) is 1.73. The van der Waals surface area contributed by atoms with Gasteiger partial charge in [0.2, 0.25) is 0 Å². The second kappa shape index (κ2) is 6.35. The van der Waals surface area contributed by atoms with E-state index in [2.05, 4.69) is 17.1 Å². The molecule has 1 rings (SSSR count). The Balaban J connectivity index is 2.05. The van der Waals surface area contributed by atoms with E-state index in [1.165, 1.54) is 13.1 Å². The molecular formula is C10H22N2O. The maximum absolute atomic E-state index is 5.32. The largest absolute Gasteiger partial charge is 0.382 e. The van der Waals surface area contributed by atoms with Gasteiger partial charge in [-0.2, -0.15) is 0 Å². The average molecular weight is 186 g/mol. The highest BCUT2D eigenvalue weighted by Gasteiger charge is 2.16. The highest BCUT2D eigenvalue weighted by Crippen LogP contribution is 2.02. The molecule has 0 aliphatic carbocycles. The van der Waals surface area contributed by atoms with Gasteiger partial charge < -0.3 is 10.1 Å². The standard InChI is InChI=1S/C10H22N2O/c1-3-13-8-4-6-12-7-5-11-9-10(12)2/h10-11H,3-9H2,1-2H3/t10-/m0/s1. The lowest BCUT2D eigenvalue weighted by molar-refractivity contribution is 0.115. The van der Waals surface area contributed by atoms with Crippen LogP contribution in [0.25, 0.3) is 0 Å². The summed E-state index contributed by atoms with van der Waals surface area (Å²) in [5.41, 5.74) is 0. The normalized spacial score (nSPS) is 24.9. The SMILES string of the molecule is CCOCCCN1CCNC[C@@H]1C. The molecule has 1 aliphatic heterocycles. The van der Waals surface area contributed by atoms with E-state index in [0.29, 0.717) is 6.04 Å². The zero-order valence-corrected chi connectivity index (χ0v) is 8.88. The van der Waals surface area contributed by atoms with Crippen LogP contribution in [0.4, 0.5) is 0 Å². The summed E-state index contributed by atoms with van der Waals surface area (Å²) in [7, 11) is 0. The summed E-state index contributed by atoms with van der Waals surface area (Å²) in [6.45, 7) is 10.7. The van der Waals surface area contributed by atoms with Crippen molar-refractivity contribution in [1.29, 1.82) is 0 Å². The van der Waals surface area contributed by atoms with Gasteiger partial charge in [-0.25, -0.2) is 0 Å². The molecule has 0 unspecified atom stereocenters. The van der Waals surface area contributed by atoms with E-state index in [1.54, 1.807) is 0 Å². The van der Waals surface area contributed by atoms with E-state index in [9.17, 15) is 0 Å². The van der Waals surface area contributed by atoms with Crippen molar-refractivity contribution >= 4 is 0 Å². The summed E-state index contributed by atoms with van der Waals surface area (Å²) < 4.78 is 5.32. The lowest BCUT2D eigenvalue weighted by Crippen LogP contribution is -2.50. The molecule has 1 atom stereocenters. The molecule has 0 bridgehead atoms.